The number of aliphatic hydroxyl groups is 1. The molecule has 6 N–H and O–H groups in total. The number of amidine groups is 1. The van der Waals surface area contributed by atoms with Crippen LogP contribution in [0, 0.1) is 0 Å². The molecule has 1 heterocycles. The number of ether oxygens (including phenoxy) is 1. The van der Waals surface area contributed by atoms with Crippen molar-refractivity contribution in [3.05, 3.63) is 59.2 Å². The lowest BCUT2D eigenvalue weighted by atomic mass is 10.2. The zero-order valence-corrected chi connectivity index (χ0v) is 14.1. The number of para-hydroxylation sites is 1. The Bertz CT molecular complexity index is 908. The third kappa shape index (κ3) is 3.69. The van der Waals surface area contributed by atoms with Crippen LogP contribution >= 0.6 is 11.6 Å². The lowest BCUT2D eigenvalue weighted by molar-refractivity contribution is 0.272. The summed E-state index contributed by atoms with van der Waals surface area (Å²) in [6.07, 6.45) is 0. The number of nitrogens with one attached hydrogen (secondary N) is 1. The lowest BCUT2D eigenvalue weighted by Crippen LogP contribution is -2.26. The molecule has 0 bridgehead atoms. The van der Waals surface area contributed by atoms with Gasteiger partial charge < -0.3 is 20.1 Å². The fourth-order valence-electron chi connectivity index (χ4n) is 2.63. The Morgan fingerprint density at radius 3 is 2.64 bits per heavy atom. The fraction of sp³-hybridized carbons (Fsp3) is 0.118. The van der Waals surface area contributed by atoms with E-state index in [0.717, 1.165) is 10.9 Å². The second kappa shape index (κ2) is 7.43. The number of hydrogen-bond acceptors (Lipinski definition) is 5. The third-order valence-electron chi connectivity index (χ3n) is 3.70. The van der Waals surface area contributed by atoms with Crippen LogP contribution in [-0.4, -0.2) is 15.5 Å². The van der Waals surface area contributed by atoms with Crippen LogP contribution in [0.4, 0.5) is 0 Å². The largest absolute Gasteiger partial charge is 0.457 e. The lowest BCUT2D eigenvalue weighted by Gasteiger charge is -2.11. The maximum Gasteiger partial charge on any atom is 0.141 e. The maximum atomic E-state index is 9.64. The summed E-state index contributed by atoms with van der Waals surface area (Å²) in [7, 11) is 0. The normalized spacial score (nSPS) is 11.7. The molecule has 0 fully saturated rings. The van der Waals surface area contributed by atoms with Gasteiger partial charge in [0.15, 0.2) is 0 Å². The fourth-order valence-corrected chi connectivity index (χ4v) is 2.89. The van der Waals surface area contributed by atoms with Crippen molar-refractivity contribution < 1.29 is 9.84 Å². The van der Waals surface area contributed by atoms with Crippen molar-refractivity contribution in [2.45, 2.75) is 13.2 Å². The number of rotatable bonds is 6. The number of fused-ring (bicyclic) bond motifs is 1. The molecular formula is C17H18ClN5O2. The van der Waals surface area contributed by atoms with Crippen molar-refractivity contribution in [1.82, 2.24) is 10.1 Å². The van der Waals surface area contributed by atoms with Crippen LogP contribution in [0.5, 0.6) is 11.5 Å². The highest BCUT2D eigenvalue weighted by molar-refractivity contribution is 6.35. The summed E-state index contributed by atoms with van der Waals surface area (Å²) >= 11 is 6.40. The van der Waals surface area contributed by atoms with Crippen molar-refractivity contribution in [3.63, 3.8) is 0 Å². The molecule has 3 aromatic rings. The van der Waals surface area contributed by atoms with Gasteiger partial charge in [0, 0.05) is 23.2 Å². The molecule has 0 amide bonds. The van der Waals surface area contributed by atoms with Crippen LogP contribution < -0.4 is 21.8 Å². The molecule has 0 spiro atoms. The molecular weight excluding hydrogens is 342 g/mol. The first-order chi connectivity index (χ1) is 12.1. The van der Waals surface area contributed by atoms with Crippen LogP contribution in [-0.2, 0) is 13.2 Å². The van der Waals surface area contributed by atoms with Gasteiger partial charge in [0.2, 0.25) is 0 Å². The van der Waals surface area contributed by atoms with Gasteiger partial charge in [-0.1, -0.05) is 29.8 Å². The molecule has 7 nitrogen and oxygen atoms in total. The Morgan fingerprint density at radius 2 is 1.96 bits per heavy atom. The summed E-state index contributed by atoms with van der Waals surface area (Å²) < 4.78 is 7.68. The molecule has 0 aliphatic carbocycles. The van der Waals surface area contributed by atoms with Crippen LogP contribution in [0.15, 0.2) is 53.6 Å². The van der Waals surface area contributed by atoms with Crippen molar-refractivity contribution in [2.24, 2.45) is 16.7 Å². The van der Waals surface area contributed by atoms with E-state index in [0.29, 0.717) is 22.2 Å². The van der Waals surface area contributed by atoms with Gasteiger partial charge in [-0.2, -0.15) is 5.10 Å². The Balaban J connectivity index is 2.06. The monoisotopic (exact) mass is 359 g/mol. The van der Waals surface area contributed by atoms with Crippen molar-refractivity contribution in [1.29, 1.82) is 0 Å². The first kappa shape index (κ1) is 17.1. The van der Waals surface area contributed by atoms with Crippen LogP contribution in [0.1, 0.15) is 5.69 Å². The predicted molar refractivity (Wildman–Crippen MR) is 98.3 cm³/mol. The third-order valence-corrected chi connectivity index (χ3v) is 4.01. The standard InChI is InChI=1S/C17H18ClN5O2/c18-15-7-13(25-12-4-2-1-3-5-12)8-16-14(15)6-11(10-24)23(16)9-17(19)21-22-20/h1-8,22,24H,9-10,20H2,(H2,19,21). The van der Waals surface area contributed by atoms with E-state index in [1.807, 2.05) is 47.0 Å². The van der Waals surface area contributed by atoms with E-state index in [4.69, 9.17) is 27.9 Å². The highest BCUT2D eigenvalue weighted by atomic mass is 35.5. The van der Waals surface area contributed by atoms with Gasteiger partial charge in [0.25, 0.3) is 0 Å². The summed E-state index contributed by atoms with van der Waals surface area (Å²) in [6, 6.07) is 14.8. The van der Waals surface area contributed by atoms with E-state index < -0.39 is 0 Å². The minimum absolute atomic E-state index is 0.163. The summed E-state index contributed by atoms with van der Waals surface area (Å²) in [5.74, 6) is 6.71. The van der Waals surface area contributed by atoms with Gasteiger partial charge in [-0.25, -0.2) is 11.4 Å². The Labute approximate surface area is 149 Å². The molecule has 130 valence electrons. The van der Waals surface area contributed by atoms with E-state index >= 15 is 0 Å². The second-order valence-electron chi connectivity index (χ2n) is 5.37. The van der Waals surface area contributed by atoms with Gasteiger partial charge in [0.1, 0.15) is 17.3 Å². The predicted octanol–water partition coefficient (Wildman–Crippen LogP) is 2.31. The maximum absolute atomic E-state index is 9.64. The van der Waals surface area contributed by atoms with Crippen LogP contribution in [0.3, 0.4) is 0 Å². The van der Waals surface area contributed by atoms with Crippen molar-refractivity contribution >= 4 is 28.3 Å². The quantitative estimate of drug-likeness (QED) is 0.233. The molecule has 0 saturated heterocycles. The number of aliphatic hydroxyl groups excluding tert-OH is 1. The average molecular weight is 360 g/mol. The first-order valence-electron chi connectivity index (χ1n) is 7.55. The molecule has 25 heavy (non-hydrogen) atoms. The molecule has 0 aliphatic rings. The highest BCUT2D eigenvalue weighted by Crippen LogP contribution is 2.34. The van der Waals surface area contributed by atoms with Crippen molar-refractivity contribution in [3.8, 4) is 11.5 Å². The molecule has 8 heteroatoms. The molecule has 0 atom stereocenters. The Kier molecular flexibility index (Phi) is 5.08. The van der Waals surface area contributed by atoms with E-state index in [2.05, 4.69) is 10.6 Å². The zero-order chi connectivity index (χ0) is 17.8. The van der Waals surface area contributed by atoms with Gasteiger partial charge in [0.05, 0.1) is 23.7 Å². The minimum Gasteiger partial charge on any atom is -0.457 e. The number of nitrogens with zero attached hydrogens (tertiary/aromatic N) is 2. The van der Waals surface area contributed by atoms with Gasteiger partial charge in [-0.3, -0.25) is 0 Å². The van der Waals surface area contributed by atoms with E-state index in [9.17, 15) is 5.11 Å². The molecule has 1 aromatic heterocycles. The Hall–Kier alpha value is -2.74. The molecule has 0 saturated carbocycles. The van der Waals surface area contributed by atoms with E-state index in [1.165, 1.54) is 0 Å². The van der Waals surface area contributed by atoms with Crippen LogP contribution in [0.2, 0.25) is 5.02 Å². The number of hydrazine groups is 1. The number of benzene rings is 2. The van der Waals surface area contributed by atoms with Crippen molar-refractivity contribution in [2.75, 3.05) is 0 Å². The number of hydrogen-bond donors (Lipinski definition) is 4. The summed E-state index contributed by atoms with van der Waals surface area (Å²) in [5.41, 5.74) is 9.42. The topological polar surface area (TPSA) is 111 Å². The SMILES string of the molecule is NN/N=C(\N)Cn1c(CO)cc2c(Cl)cc(Oc3ccccc3)cc21. The Morgan fingerprint density at radius 1 is 1.20 bits per heavy atom. The zero-order valence-electron chi connectivity index (χ0n) is 13.3. The molecule has 2 aromatic carbocycles. The second-order valence-corrected chi connectivity index (χ2v) is 5.77. The van der Waals surface area contributed by atoms with Crippen LogP contribution in [0.25, 0.3) is 10.9 Å². The molecule has 0 aliphatic heterocycles. The number of hydrazone groups is 1. The number of nitrogens with two attached hydrogens (primary N) is 2. The first-order valence-corrected chi connectivity index (χ1v) is 7.93. The molecule has 3 rings (SSSR count). The van der Waals surface area contributed by atoms with E-state index in [1.54, 1.807) is 6.07 Å². The average Bonchev–Trinajstić information content (AvgIpc) is 2.94. The van der Waals surface area contributed by atoms with Gasteiger partial charge >= 0.3 is 0 Å². The highest BCUT2D eigenvalue weighted by Gasteiger charge is 2.14. The smallest absolute Gasteiger partial charge is 0.141 e. The minimum atomic E-state index is -0.163. The molecule has 0 radical (unpaired) electrons. The van der Waals surface area contributed by atoms with Gasteiger partial charge in [-0.15, -0.1) is 0 Å². The number of aromatic nitrogens is 1. The molecule has 0 unspecified atom stereocenters. The summed E-state index contributed by atoms with van der Waals surface area (Å²) in [5, 5.41) is 14.7. The van der Waals surface area contributed by atoms with Gasteiger partial charge in [-0.05, 0) is 18.2 Å². The van der Waals surface area contributed by atoms with E-state index in [-0.39, 0.29) is 19.0 Å². The summed E-state index contributed by atoms with van der Waals surface area (Å²) in [6.45, 7) is 0.0813. The summed E-state index contributed by atoms with van der Waals surface area (Å²) in [4.78, 5) is 0. The number of halogens is 1.